The van der Waals surface area contributed by atoms with Crippen LogP contribution in [0.15, 0.2) is 120 Å². The summed E-state index contributed by atoms with van der Waals surface area (Å²) in [7, 11) is -4.07. The van der Waals surface area contributed by atoms with E-state index in [-0.39, 0.29) is 22.0 Å². The number of hydrogen-bond acceptors (Lipinski definition) is 5. The van der Waals surface area contributed by atoms with E-state index in [1.165, 1.54) is 42.6 Å². The van der Waals surface area contributed by atoms with Crippen molar-refractivity contribution in [3.8, 4) is 17.1 Å². The quantitative estimate of drug-likeness (QED) is 0.248. The SMILES string of the molecule is O=C(c1ccc(F)cc1)c1cn(S(=O)(=O)c2ccccc2)c(-c2ccc(OCc3ccccc3)cc2)n1. The molecule has 5 rings (SSSR count). The van der Waals surface area contributed by atoms with Crippen LogP contribution in [-0.2, 0) is 16.6 Å². The zero-order valence-electron chi connectivity index (χ0n) is 19.5. The molecule has 4 aromatic carbocycles. The number of rotatable bonds is 8. The number of carbonyl (C=O) groups is 1. The summed E-state index contributed by atoms with van der Waals surface area (Å²) in [4.78, 5) is 17.5. The van der Waals surface area contributed by atoms with Crippen molar-refractivity contribution in [1.29, 1.82) is 0 Å². The Morgan fingerprint density at radius 1 is 0.811 bits per heavy atom. The summed E-state index contributed by atoms with van der Waals surface area (Å²) in [5.74, 6) is -0.335. The molecule has 0 saturated carbocycles. The molecule has 0 amide bonds. The number of ketones is 1. The van der Waals surface area contributed by atoms with Crippen molar-refractivity contribution in [3.63, 3.8) is 0 Å². The number of carbonyl (C=O) groups excluding carboxylic acids is 1. The standard InChI is InChI=1S/C29H21FN2O4S/c30-24-15-11-22(12-16-24)28(33)27-19-32(37(34,35)26-9-5-2-6-10-26)29(31-27)23-13-17-25(18-14-23)36-20-21-7-3-1-4-8-21/h1-19H,20H2. The summed E-state index contributed by atoms with van der Waals surface area (Å²) in [6.45, 7) is 0.382. The maximum atomic E-state index is 13.5. The molecule has 37 heavy (non-hydrogen) atoms. The highest BCUT2D eigenvalue weighted by Gasteiger charge is 2.25. The van der Waals surface area contributed by atoms with Crippen molar-refractivity contribution in [2.24, 2.45) is 0 Å². The summed E-state index contributed by atoms with van der Waals surface area (Å²) >= 11 is 0. The predicted octanol–water partition coefficient (Wildman–Crippen LogP) is 5.74. The van der Waals surface area contributed by atoms with E-state index >= 15 is 0 Å². The van der Waals surface area contributed by atoms with Gasteiger partial charge in [0.2, 0.25) is 5.78 Å². The smallest absolute Gasteiger partial charge is 0.269 e. The van der Waals surface area contributed by atoms with Crippen LogP contribution in [0.5, 0.6) is 5.75 Å². The first-order valence-corrected chi connectivity index (χ1v) is 12.8. The third kappa shape index (κ3) is 5.19. The lowest BCUT2D eigenvalue weighted by Crippen LogP contribution is -2.13. The number of benzene rings is 4. The number of nitrogens with zero attached hydrogens (tertiary/aromatic N) is 2. The van der Waals surface area contributed by atoms with Crippen molar-refractivity contribution in [1.82, 2.24) is 8.96 Å². The second-order valence-electron chi connectivity index (χ2n) is 8.20. The van der Waals surface area contributed by atoms with E-state index in [1.807, 2.05) is 30.3 Å². The van der Waals surface area contributed by atoms with Gasteiger partial charge in [-0.05, 0) is 66.2 Å². The van der Waals surface area contributed by atoms with Crippen molar-refractivity contribution in [2.75, 3.05) is 0 Å². The molecule has 0 aliphatic rings. The van der Waals surface area contributed by atoms with Gasteiger partial charge in [-0.2, -0.15) is 0 Å². The van der Waals surface area contributed by atoms with Gasteiger partial charge in [0.25, 0.3) is 10.0 Å². The maximum Gasteiger partial charge on any atom is 0.269 e. The number of ether oxygens (including phenoxy) is 1. The van der Waals surface area contributed by atoms with Crippen LogP contribution in [0.3, 0.4) is 0 Å². The van der Waals surface area contributed by atoms with Gasteiger partial charge in [-0.3, -0.25) is 4.79 Å². The summed E-state index contributed by atoms with van der Waals surface area (Å²) in [5, 5.41) is 0. The molecular formula is C29H21FN2O4S. The van der Waals surface area contributed by atoms with Gasteiger partial charge >= 0.3 is 0 Å². The molecule has 0 radical (unpaired) electrons. The van der Waals surface area contributed by atoms with E-state index in [9.17, 15) is 17.6 Å². The number of halogens is 1. The highest BCUT2D eigenvalue weighted by atomic mass is 32.2. The third-order valence-corrected chi connectivity index (χ3v) is 7.34. The molecule has 0 aliphatic heterocycles. The molecular weight excluding hydrogens is 491 g/mol. The average Bonchev–Trinajstić information content (AvgIpc) is 3.40. The minimum atomic E-state index is -4.07. The molecule has 0 atom stereocenters. The highest BCUT2D eigenvalue weighted by molar-refractivity contribution is 7.90. The van der Waals surface area contributed by atoms with Gasteiger partial charge in [0.1, 0.15) is 23.9 Å². The zero-order chi connectivity index (χ0) is 25.8. The molecule has 0 saturated heterocycles. The first-order valence-electron chi connectivity index (χ1n) is 11.4. The molecule has 1 heterocycles. The monoisotopic (exact) mass is 512 g/mol. The van der Waals surface area contributed by atoms with Gasteiger partial charge in [-0.1, -0.05) is 48.5 Å². The van der Waals surface area contributed by atoms with Crippen molar-refractivity contribution in [3.05, 3.63) is 138 Å². The van der Waals surface area contributed by atoms with Crippen LogP contribution in [0, 0.1) is 5.82 Å². The normalized spacial score (nSPS) is 11.3. The molecule has 0 unspecified atom stereocenters. The molecule has 0 bridgehead atoms. The summed E-state index contributed by atoms with van der Waals surface area (Å²) < 4.78 is 47.2. The molecule has 0 aliphatic carbocycles. The second kappa shape index (κ2) is 10.2. The van der Waals surface area contributed by atoms with Crippen molar-refractivity contribution >= 4 is 15.8 Å². The lowest BCUT2D eigenvalue weighted by Gasteiger charge is -2.10. The van der Waals surface area contributed by atoms with E-state index in [2.05, 4.69) is 4.98 Å². The van der Waals surface area contributed by atoms with E-state index in [0.29, 0.717) is 17.9 Å². The summed E-state index contributed by atoms with van der Waals surface area (Å²) in [6.07, 6.45) is 1.20. The summed E-state index contributed by atoms with van der Waals surface area (Å²) in [5.41, 5.74) is 1.61. The predicted molar refractivity (Wildman–Crippen MR) is 137 cm³/mol. The molecule has 0 spiro atoms. The van der Waals surface area contributed by atoms with Crippen LogP contribution in [0.25, 0.3) is 11.4 Å². The number of hydrogen-bond donors (Lipinski definition) is 0. The number of aromatic nitrogens is 2. The van der Waals surface area contributed by atoms with Crippen LogP contribution in [0.4, 0.5) is 4.39 Å². The van der Waals surface area contributed by atoms with E-state index in [0.717, 1.165) is 9.54 Å². The lowest BCUT2D eigenvalue weighted by molar-refractivity contribution is 0.103. The van der Waals surface area contributed by atoms with Gasteiger partial charge in [-0.15, -0.1) is 0 Å². The molecule has 0 N–H and O–H groups in total. The minimum absolute atomic E-state index is 0.0530. The van der Waals surface area contributed by atoms with E-state index < -0.39 is 21.6 Å². The Balaban J connectivity index is 1.52. The van der Waals surface area contributed by atoms with Gasteiger partial charge in [0.15, 0.2) is 5.82 Å². The maximum absolute atomic E-state index is 13.5. The van der Waals surface area contributed by atoms with Crippen LogP contribution in [0.1, 0.15) is 21.6 Å². The van der Waals surface area contributed by atoms with Gasteiger partial charge in [-0.25, -0.2) is 21.8 Å². The molecule has 6 nitrogen and oxygen atoms in total. The van der Waals surface area contributed by atoms with Gasteiger partial charge < -0.3 is 4.74 Å². The molecule has 8 heteroatoms. The zero-order valence-corrected chi connectivity index (χ0v) is 20.3. The fraction of sp³-hybridized carbons (Fsp3) is 0.0345. The fourth-order valence-corrected chi connectivity index (χ4v) is 5.09. The molecule has 0 fully saturated rings. The van der Waals surface area contributed by atoms with Crippen molar-refractivity contribution in [2.45, 2.75) is 11.5 Å². The summed E-state index contributed by atoms with van der Waals surface area (Å²) in [6, 6.07) is 29.4. The first kappa shape index (κ1) is 24.1. The Morgan fingerprint density at radius 3 is 2.08 bits per heavy atom. The Bertz CT molecular complexity index is 1630. The molecule has 5 aromatic rings. The van der Waals surface area contributed by atoms with E-state index in [1.54, 1.807) is 42.5 Å². The largest absolute Gasteiger partial charge is 0.489 e. The van der Waals surface area contributed by atoms with Gasteiger partial charge in [0, 0.05) is 11.1 Å². The lowest BCUT2D eigenvalue weighted by atomic mass is 10.1. The number of imidazole rings is 1. The van der Waals surface area contributed by atoms with E-state index in [4.69, 9.17) is 4.74 Å². The average molecular weight is 513 g/mol. The Morgan fingerprint density at radius 2 is 1.43 bits per heavy atom. The molecule has 184 valence electrons. The highest BCUT2D eigenvalue weighted by Crippen LogP contribution is 2.27. The van der Waals surface area contributed by atoms with Crippen LogP contribution < -0.4 is 4.74 Å². The fourth-order valence-electron chi connectivity index (χ4n) is 3.75. The second-order valence-corrected chi connectivity index (χ2v) is 10.0. The van der Waals surface area contributed by atoms with Gasteiger partial charge in [0.05, 0.1) is 11.1 Å². The van der Waals surface area contributed by atoms with Crippen LogP contribution in [0.2, 0.25) is 0 Å². The Hall–Kier alpha value is -4.56. The Labute approximate surface area is 213 Å². The molecule has 1 aromatic heterocycles. The van der Waals surface area contributed by atoms with Crippen LogP contribution >= 0.6 is 0 Å². The first-order chi connectivity index (χ1) is 17.9. The third-order valence-electron chi connectivity index (χ3n) is 5.67. The van der Waals surface area contributed by atoms with Crippen molar-refractivity contribution < 1.29 is 22.3 Å². The minimum Gasteiger partial charge on any atom is -0.489 e. The Kier molecular flexibility index (Phi) is 6.66. The van der Waals surface area contributed by atoms with Crippen LogP contribution in [-0.4, -0.2) is 23.2 Å². The topological polar surface area (TPSA) is 78.3 Å².